The fourth-order valence-corrected chi connectivity index (χ4v) is 1.67. The summed E-state index contributed by atoms with van der Waals surface area (Å²) < 4.78 is 10.4. The molecule has 1 aromatic rings. The highest BCUT2D eigenvalue weighted by Gasteiger charge is 2.04. The summed E-state index contributed by atoms with van der Waals surface area (Å²) in [6.07, 6.45) is 0. The van der Waals surface area contributed by atoms with Gasteiger partial charge in [-0.3, -0.25) is 4.99 Å². The van der Waals surface area contributed by atoms with E-state index in [1.807, 2.05) is 13.0 Å². The molecule has 0 spiro atoms. The zero-order valence-electron chi connectivity index (χ0n) is 12.1. The number of benzene rings is 1. The summed E-state index contributed by atoms with van der Waals surface area (Å²) in [6.45, 7) is 4.08. The van der Waals surface area contributed by atoms with Crippen LogP contribution < -0.4 is 15.4 Å². The van der Waals surface area contributed by atoms with E-state index in [0.717, 1.165) is 23.8 Å². The molecule has 5 heteroatoms. The minimum absolute atomic E-state index is 0.647. The summed E-state index contributed by atoms with van der Waals surface area (Å²) in [4.78, 5) is 4.15. The highest BCUT2D eigenvalue weighted by Crippen LogP contribution is 2.19. The van der Waals surface area contributed by atoms with E-state index in [-0.39, 0.29) is 0 Å². The Hall–Kier alpha value is -1.75. The van der Waals surface area contributed by atoms with Crippen LogP contribution in [0.15, 0.2) is 23.2 Å². The topological polar surface area (TPSA) is 54.9 Å². The van der Waals surface area contributed by atoms with Gasteiger partial charge in [0.1, 0.15) is 5.75 Å². The fraction of sp³-hybridized carbons (Fsp3) is 0.500. The molecule has 0 atom stereocenters. The van der Waals surface area contributed by atoms with E-state index in [4.69, 9.17) is 9.47 Å². The summed E-state index contributed by atoms with van der Waals surface area (Å²) in [6, 6.07) is 6.16. The van der Waals surface area contributed by atoms with Crippen LogP contribution in [0.3, 0.4) is 0 Å². The molecule has 0 radical (unpaired) electrons. The average Bonchev–Trinajstić information content (AvgIpc) is 2.43. The van der Waals surface area contributed by atoms with Gasteiger partial charge in [0.15, 0.2) is 5.96 Å². The lowest BCUT2D eigenvalue weighted by molar-refractivity contribution is 0.203. The Labute approximate surface area is 115 Å². The molecule has 0 fully saturated rings. The van der Waals surface area contributed by atoms with Crippen molar-refractivity contribution in [3.05, 3.63) is 29.3 Å². The van der Waals surface area contributed by atoms with E-state index < -0.39 is 0 Å². The predicted octanol–water partition coefficient (Wildman–Crippen LogP) is 1.32. The second-order valence-electron chi connectivity index (χ2n) is 4.16. The van der Waals surface area contributed by atoms with Crippen molar-refractivity contribution in [3.63, 3.8) is 0 Å². The van der Waals surface area contributed by atoms with Crippen LogP contribution in [0.25, 0.3) is 0 Å². The summed E-state index contributed by atoms with van der Waals surface area (Å²) in [5, 5.41) is 6.40. The van der Waals surface area contributed by atoms with Gasteiger partial charge < -0.3 is 20.1 Å². The summed E-state index contributed by atoms with van der Waals surface area (Å²) >= 11 is 0. The Balaban J connectivity index is 2.55. The zero-order chi connectivity index (χ0) is 14.1. The molecule has 19 heavy (non-hydrogen) atoms. The van der Waals surface area contributed by atoms with E-state index in [2.05, 4.69) is 27.8 Å². The molecule has 5 nitrogen and oxygen atoms in total. The van der Waals surface area contributed by atoms with Crippen molar-refractivity contribution in [2.45, 2.75) is 13.5 Å². The molecule has 0 aliphatic rings. The van der Waals surface area contributed by atoms with E-state index >= 15 is 0 Å². The minimum atomic E-state index is 0.647. The van der Waals surface area contributed by atoms with Crippen molar-refractivity contribution in [1.29, 1.82) is 0 Å². The maximum Gasteiger partial charge on any atom is 0.191 e. The lowest BCUT2D eigenvalue weighted by Gasteiger charge is -2.14. The van der Waals surface area contributed by atoms with Crippen LogP contribution in [0, 0.1) is 6.92 Å². The van der Waals surface area contributed by atoms with Gasteiger partial charge in [-0.25, -0.2) is 0 Å². The smallest absolute Gasteiger partial charge is 0.191 e. The maximum absolute atomic E-state index is 5.37. The molecule has 0 heterocycles. The normalized spacial score (nSPS) is 11.3. The minimum Gasteiger partial charge on any atom is -0.496 e. The Bertz CT molecular complexity index is 419. The van der Waals surface area contributed by atoms with Crippen molar-refractivity contribution in [1.82, 2.24) is 10.6 Å². The van der Waals surface area contributed by atoms with Gasteiger partial charge in [-0.05, 0) is 18.6 Å². The van der Waals surface area contributed by atoms with Crippen molar-refractivity contribution in [3.8, 4) is 5.75 Å². The molecule has 1 rings (SSSR count). The molecular formula is C14H23N3O2. The molecule has 106 valence electrons. The molecule has 1 aromatic carbocycles. The van der Waals surface area contributed by atoms with Gasteiger partial charge >= 0.3 is 0 Å². The Morgan fingerprint density at radius 2 is 2.05 bits per heavy atom. The number of rotatable bonds is 6. The third kappa shape index (κ3) is 5.18. The van der Waals surface area contributed by atoms with E-state index in [9.17, 15) is 0 Å². The number of aryl methyl sites for hydroxylation is 1. The Morgan fingerprint density at radius 3 is 2.68 bits per heavy atom. The molecule has 0 aliphatic heterocycles. The Morgan fingerprint density at radius 1 is 1.26 bits per heavy atom. The third-order valence-corrected chi connectivity index (χ3v) is 2.71. The van der Waals surface area contributed by atoms with E-state index in [0.29, 0.717) is 13.2 Å². The quantitative estimate of drug-likeness (QED) is 0.463. The Kier molecular flexibility index (Phi) is 6.74. The van der Waals surface area contributed by atoms with Gasteiger partial charge in [-0.15, -0.1) is 0 Å². The first kappa shape index (κ1) is 15.3. The molecule has 0 amide bonds. The lowest BCUT2D eigenvalue weighted by atomic mass is 10.1. The number of hydrogen-bond acceptors (Lipinski definition) is 3. The number of nitrogens with one attached hydrogen (secondary N) is 2. The first-order chi connectivity index (χ1) is 9.21. The van der Waals surface area contributed by atoms with Gasteiger partial charge in [-0.2, -0.15) is 0 Å². The van der Waals surface area contributed by atoms with Crippen LogP contribution in [0.4, 0.5) is 0 Å². The van der Waals surface area contributed by atoms with Crippen LogP contribution in [0.5, 0.6) is 5.75 Å². The molecule has 0 bridgehead atoms. The SMILES string of the molecule is CN=C(NCCOC)NCc1ccc(C)cc1OC. The number of guanidine groups is 1. The highest BCUT2D eigenvalue weighted by atomic mass is 16.5. The standard InChI is InChI=1S/C14H23N3O2/c1-11-5-6-12(13(9-11)19-4)10-17-14(15-2)16-7-8-18-3/h5-6,9H,7-8,10H2,1-4H3,(H2,15,16,17). The van der Waals surface area contributed by atoms with E-state index in [1.54, 1.807) is 21.3 Å². The van der Waals surface area contributed by atoms with Crippen LogP contribution in [-0.4, -0.2) is 40.4 Å². The van der Waals surface area contributed by atoms with Gasteiger partial charge in [-0.1, -0.05) is 12.1 Å². The summed E-state index contributed by atoms with van der Waals surface area (Å²) in [5.41, 5.74) is 2.28. The lowest BCUT2D eigenvalue weighted by Crippen LogP contribution is -2.38. The molecular weight excluding hydrogens is 242 g/mol. The molecule has 0 saturated heterocycles. The van der Waals surface area contributed by atoms with E-state index in [1.165, 1.54) is 5.56 Å². The van der Waals surface area contributed by atoms with Crippen LogP contribution in [0.2, 0.25) is 0 Å². The van der Waals surface area contributed by atoms with Gasteiger partial charge in [0, 0.05) is 32.8 Å². The second-order valence-corrected chi connectivity index (χ2v) is 4.16. The predicted molar refractivity (Wildman–Crippen MR) is 77.8 cm³/mol. The molecule has 0 aromatic heterocycles. The number of aliphatic imine (C=N–C) groups is 1. The maximum atomic E-state index is 5.37. The number of hydrogen-bond donors (Lipinski definition) is 2. The molecule has 0 unspecified atom stereocenters. The van der Waals surface area contributed by atoms with Gasteiger partial charge in [0.2, 0.25) is 0 Å². The van der Waals surface area contributed by atoms with Gasteiger partial charge in [0.05, 0.1) is 13.7 Å². The number of nitrogens with zero attached hydrogens (tertiary/aromatic N) is 1. The van der Waals surface area contributed by atoms with Crippen LogP contribution in [-0.2, 0) is 11.3 Å². The average molecular weight is 265 g/mol. The fourth-order valence-electron chi connectivity index (χ4n) is 1.67. The first-order valence-electron chi connectivity index (χ1n) is 6.28. The van der Waals surface area contributed by atoms with Crippen LogP contribution >= 0.6 is 0 Å². The first-order valence-corrected chi connectivity index (χ1v) is 6.28. The number of ether oxygens (including phenoxy) is 2. The largest absolute Gasteiger partial charge is 0.496 e. The van der Waals surface area contributed by atoms with Crippen molar-refractivity contribution < 1.29 is 9.47 Å². The van der Waals surface area contributed by atoms with Gasteiger partial charge in [0.25, 0.3) is 0 Å². The monoisotopic (exact) mass is 265 g/mol. The molecule has 2 N–H and O–H groups in total. The summed E-state index contributed by atoms with van der Waals surface area (Å²) in [5.74, 6) is 1.64. The van der Waals surface area contributed by atoms with Crippen molar-refractivity contribution in [2.24, 2.45) is 4.99 Å². The van der Waals surface area contributed by atoms with Crippen molar-refractivity contribution in [2.75, 3.05) is 34.4 Å². The summed E-state index contributed by atoms with van der Waals surface area (Å²) in [7, 11) is 5.10. The molecule has 0 saturated carbocycles. The van der Waals surface area contributed by atoms with Crippen LogP contribution in [0.1, 0.15) is 11.1 Å². The zero-order valence-corrected chi connectivity index (χ0v) is 12.1. The number of methoxy groups -OCH3 is 2. The third-order valence-electron chi connectivity index (χ3n) is 2.71. The highest BCUT2D eigenvalue weighted by molar-refractivity contribution is 5.79. The second kappa shape index (κ2) is 8.37. The molecule has 0 aliphatic carbocycles. The van der Waals surface area contributed by atoms with Crippen molar-refractivity contribution >= 4 is 5.96 Å².